The largest absolute Gasteiger partial charge is 0.349 e. The molecule has 3 rings (SSSR count). The predicted molar refractivity (Wildman–Crippen MR) is 79.9 cm³/mol. The summed E-state index contributed by atoms with van der Waals surface area (Å²) >= 11 is 0. The molecule has 7 nitrogen and oxygen atoms in total. The minimum atomic E-state index is -0.419. The number of nitrogens with zero attached hydrogens (tertiary/aromatic N) is 3. The van der Waals surface area contributed by atoms with Crippen LogP contribution in [0.3, 0.4) is 0 Å². The molecule has 23 heavy (non-hydrogen) atoms. The SMILES string of the molecule is O=C(Cc1cccc(F)c1)NCc1nc2nccnc2c(=O)[nH]1. The first-order chi connectivity index (χ1) is 11.1. The third kappa shape index (κ3) is 3.54. The van der Waals surface area contributed by atoms with Crippen LogP contribution in [-0.4, -0.2) is 25.8 Å². The maximum atomic E-state index is 13.1. The summed E-state index contributed by atoms with van der Waals surface area (Å²) in [6, 6.07) is 5.81. The van der Waals surface area contributed by atoms with Crippen LogP contribution in [0.1, 0.15) is 11.4 Å². The number of rotatable bonds is 4. The molecule has 2 aromatic heterocycles. The first-order valence-corrected chi connectivity index (χ1v) is 6.83. The third-order valence-corrected chi connectivity index (χ3v) is 3.10. The molecule has 1 amide bonds. The minimum Gasteiger partial charge on any atom is -0.349 e. The van der Waals surface area contributed by atoms with Gasteiger partial charge in [0, 0.05) is 12.4 Å². The molecule has 0 atom stereocenters. The van der Waals surface area contributed by atoms with Crippen LogP contribution in [0.2, 0.25) is 0 Å². The number of aromatic nitrogens is 4. The van der Waals surface area contributed by atoms with Crippen LogP contribution < -0.4 is 10.9 Å². The average molecular weight is 313 g/mol. The lowest BCUT2D eigenvalue weighted by Gasteiger charge is -2.05. The van der Waals surface area contributed by atoms with Crippen LogP contribution >= 0.6 is 0 Å². The fourth-order valence-corrected chi connectivity index (χ4v) is 2.08. The van der Waals surface area contributed by atoms with Crippen LogP contribution in [0.5, 0.6) is 0 Å². The molecule has 0 fully saturated rings. The van der Waals surface area contributed by atoms with Crippen molar-refractivity contribution in [2.75, 3.05) is 0 Å². The summed E-state index contributed by atoms with van der Waals surface area (Å²) in [5.74, 6) is -0.428. The van der Waals surface area contributed by atoms with E-state index < -0.39 is 11.4 Å². The number of carbonyl (C=O) groups is 1. The first-order valence-electron chi connectivity index (χ1n) is 6.83. The number of amides is 1. The van der Waals surface area contributed by atoms with Crippen LogP contribution in [0.25, 0.3) is 11.2 Å². The van der Waals surface area contributed by atoms with Gasteiger partial charge < -0.3 is 10.3 Å². The Morgan fingerprint density at radius 2 is 2.09 bits per heavy atom. The fraction of sp³-hybridized carbons (Fsp3) is 0.133. The summed E-state index contributed by atoms with van der Waals surface area (Å²) in [7, 11) is 0. The Hall–Kier alpha value is -3.16. The highest BCUT2D eigenvalue weighted by Gasteiger charge is 2.08. The first kappa shape index (κ1) is 14.8. The lowest BCUT2D eigenvalue weighted by atomic mass is 10.1. The van der Waals surface area contributed by atoms with Crippen molar-refractivity contribution >= 4 is 17.1 Å². The zero-order valence-corrected chi connectivity index (χ0v) is 11.9. The molecule has 0 saturated heterocycles. The molecule has 0 saturated carbocycles. The Labute approximate surface area is 129 Å². The van der Waals surface area contributed by atoms with Crippen molar-refractivity contribution in [1.29, 1.82) is 0 Å². The second kappa shape index (κ2) is 6.30. The second-order valence-corrected chi connectivity index (χ2v) is 4.82. The Morgan fingerprint density at radius 1 is 1.26 bits per heavy atom. The molecule has 2 N–H and O–H groups in total. The number of hydrogen-bond donors (Lipinski definition) is 2. The van der Waals surface area contributed by atoms with E-state index in [1.54, 1.807) is 12.1 Å². The summed E-state index contributed by atoms with van der Waals surface area (Å²) in [5, 5.41) is 2.62. The zero-order chi connectivity index (χ0) is 16.2. The molecule has 0 radical (unpaired) electrons. The molecule has 0 spiro atoms. The normalized spacial score (nSPS) is 10.7. The van der Waals surface area contributed by atoms with E-state index in [0.717, 1.165) is 0 Å². The average Bonchev–Trinajstić information content (AvgIpc) is 2.53. The van der Waals surface area contributed by atoms with Crippen molar-refractivity contribution in [3.63, 3.8) is 0 Å². The van der Waals surface area contributed by atoms with Crippen molar-refractivity contribution in [2.24, 2.45) is 0 Å². The molecule has 3 aromatic rings. The second-order valence-electron chi connectivity index (χ2n) is 4.82. The van der Waals surface area contributed by atoms with Crippen molar-refractivity contribution in [3.8, 4) is 0 Å². The van der Waals surface area contributed by atoms with E-state index >= 15 is 0 Å². The molecule has 0 aliphatic carbocycles. The highest BCUT2D eigenvalue weighted by Crippen LogP contribution is 2.04. The van der Waals surface area contributed by atoms with Crippen LogP contribution in [0.15, 0.2) is 41.5 Å². The molecular weight excluding hydrogens is 301 g/mol. The quantitative estimate of drug-likeness (QED) is 0.739. The molecular formula is C15H12FN5O2. The molecule has 2 heterocycles. The van der Waals surface area contributed by atoms with Gasteiger partial charge in [-0.25, -0.2) is 19.3 Å². The smallest absolute Gasteiger partial charge is 0.279 e. The number of carbonyl (C=O) groups excluding carboxylic acids is 1. The van der Waals surface area contributed by atoms with Gasteiger partial charge >= 0.3 is 0 Å². The van der Waals surface area contributed by atoms with Crippen molar-refractivity contribution in [2.45, 2.75) is 13.0 Å². The summed E-state index contributed by atoms with van der Waals surface area (Å²) in [5.41, 5.74) is 0.499. The monoisotopic (exact) mass is 313 g/mol. The number of fused-ring (bicyclic) bond motifs is 1. The number of H-pyrrole nitrogens is 1. The van der Waals surface area contributed by atoms with Gasteiger partial charge in [0.2, 0.25) is 5.91 Å². The summed E-state index contributed by atoms with van der Waals surface area (Å²) in [4.78, 5) is 38.2. The third-order valence-electron chi connectivity index (χ3n) is 3.10. The lowest BCUT2D eigenvalue weighted by Crippen LogP contribution is -2.27. The minimum absolute atomic E-state index is 0.0371. The van der Waals surface area contributed by atoms with E-state index in [1.165, 1.54) is 24.5 Å². The van der Waals surface area contributed by atoms with E-state index in [9.17, 15) is 14.0 Å². The fourth-order valence-electron chi connectivity index (χ4n) is 2.08. The van der Waals surface area contributed by atoms with Crippen molar-refractivity contribution in [3.05, 3.63) is 64.2 Å². The highest BCUT2D eigenvalue weighted by molar-refractivity contribution is 5.78. The van der Waals surface area contributed by atoms with Gasteiger partial charge in [-0.2, -0.15) is 0 Å². The van der Waals surface area contributed by atoms with E-state index in [-0.39, 0.29) is 35.9 Å². The Morgan fingerprint density at radius 3 is 2.91 bits per heavy atom. The maximum Gasteiger partial charge on any atom is 0.279 e. The number of benzene rings is 1. The van der Waals surface area contributed by atoms with E-state index in [4.69, 9.17) is 0 Å². The molecule has 0 unspecified atom stereocenters. The van der Waals surface area contributed by atoms with Crippen molar-refractivity contribution < 1.29 is 9.18 Å². The highest BCUT2D eigenvalue weighted by atomic mass is 19.1. The van der Waals surface area contributed by atoms with Gasteiger partial charge in [-0.05, 0) is 17.7 Å². The van der Waals surface area contributed by atoms with Gasteiger partial charge in [0.15, 0.2) is 11.2 Å². The molecule has 8 heteroatoms. The summed E-state index contributed by atoms with van der Waals surface area (Å²) < 4.78 is 13.1. The number of nitrogens with one attached hydrogen (secondary N) is 2. The van der Waals surface area contributed by atoms with E-state index in [0.29, 0.717) is 5.56 Å². The number of halogens is 1. The number of hydrogen-bond acceptors (Lipinski definition) is 5. The maximum absolute atomic E-state index is 13.1. The van der Waals surface area contributed by atoms with Gasteiger partial charge in [0.25, 0.3) is 5.56 Å². The van der Waals surface area contributed by atoms with Gasteiger partial charge in [0.05, 0.1) is 13.0 Å². The van der Waals surface area contributed by atoms with Gasteiger partial charge in [-0.15, -0.1) is 0 Å². The molecule has 0 aliphatic rings. The summed E-state index contributed by atoms with van der Waals surface area (Å²) in [6.45, 7) is 0.0376. The Balaban J connectivity index is 1.68. The number of aromatic amines is 1. The van der Waals surface area contributed by atoms with Gasteiger partial charge in [-0.1, -0.05) is 12.1 Å². The molecule has 116 valence electrons. The van der Waals surface area contributed by atoms with Crippen molar-refractivity contribution in [1.82, 2.24) is 25.3 Å². The van der Waals surface area contributed by atoms with Crippen LogP contribution in [0.4, 0.5) is 4.39 Å². The molecule has 1 aromatic carbocycles. The Bertz CT molecular complexity index is 925. The van der Waals surface area contributed by atoms with E-state index in [2.05, 4.69) is 25.3 Å². The molecule has 0 aliphatic heterocycles. The molecule has 0 bridgehead atoms. The van der Waals surface area contributed by atoms with Gasteiger partial charge in [-0.3, -0.25) is 9.59 Å². The topological polar surface area (TPSA) is 101 Å². The summed E-state index contributed by atoms with van der Waals surface area (Å²) in [6.07, 6.45) is 2.87. The zero-order valence-electron chi connectivity index (χ0n) is 11.9. The van der Waals surface area contributed by atoms with Crippen LogP contribution in [-0.2, 0) is 17.8 Å². The standard InChI is InChI=1S/C15H12FN5O2/c16-10-3-1-2-9(6-10)7-12(22)19-8-11-20-14-13(15(23)21-11)17-4-5-18-14/h1-6H,7-8H2,(H,19,22)(H,18,20,21,23). The van der Waals surface area contributed by atoms with Crippen LogP contribution in [0, 0.1) is 5.82 Å². The van der Waals surface area contributed by atoms with Gasteiger partial charge in [0.1, 0.15) is 11.6 Å². The Kier molecular flexibility index (Phi) is 4.05. The van der Waals surface area contributed by atoms with E-state index in [1.807, 2.05) is 0 Å². The predicted octanol–water partition coefficient (Wildman–Crippen LogP) is 0.711. The lowest BCUT2D eigenvalue weighted by molar-refractivity contribution is -0.120.